The van der Waals surface area contributed by atoms with E-state index in [1.807, 2.05) is 28.9 Å². The van der Waals surface area contributed by atoms with E-state index >= 15 is 0 Å². The number of aryl methyl sites for hydroxylation is 1. The van der Waals surface area contributed by atoms with Crippen LogP contribution in [-0.2, 0) is 9.59 Å². The zero-order chi connectivity index (χ0) is 22.5. The molecule has 0 radical (unpaired) electrons. The number of anilines is 2. The first-order chi connectivity index (χ1) is 15.5. The van der Waals surface area contributed by atoms with Crippen molar-refractivity contribution in [1.29, 1.82) is 0 Å². The normalized spacial score (nSPS) is 18.8. The van der Waals surface area contributed by atoms with Gasteiger partial charge in [-0.3, -0.25) is 14.6 Å². The van der Waals surface area contributed by atoms with Crippen LogP contribution in [0.4, 0.5) is 15.8 Å². The molecule has 1 N–H and O–H groups in total. The Bertz CT molecular complexity index is 963. The Morgan fingerprint density at radius 3 is 2.72 bits per heavy atom. The lowest BCUT2D eigenvalue weighted by Gasteiger charge is -2.33. The molecule has 1 aromatic carbocycles. The highest BCUT2D eigenvalue weighted by Crippen LogP contribution is 2.29. The van der Waals surface area contributed by atoms with Crippen LogP contribution in [0.5, 0.6) is 0 Å². The first-order valence-electron chi connectivity index (χ1n) is 11.5. The number of rotatable bonds is 7. The summed E-state index contributed by atoms with van der Waals surface area (Å²) in [5, 5.41) is 3.32. The molecular formula is C25H31FN4O2. The summed E-state index contributed by atoms with van der Waals surface area (Å²) in [6.07, 6.45) is 4.73. The van der Waals surface area contributed by atoms with E-state index in [1.54, 1.807) is 12.1 Å². The molecule has 32 heavy (non-hydrogen) atoms. The Labute approximate surface area is 188 Å². The first-order valence-corrected chi connectivity index (χ1v) is 11.5. The average molecular weight is 439 g/mol. The van der Waals surface area contributed by atoms with Crippen LogP contribution in [0.1, 0.15) is 55.8 Å². The molecule has 1 aromatic heterocycles. The number of pyridine rings is 1. The first kappa shape index (κ1) is 22.2. The lowest BCUT2D eigenvalue weighted by Crippen LogP contribution is -2.39. The maximum Gasteiger partial charge on any atom is 0.222 e. The number of halogens is 1. The molecule has 2 saturated heterocycles. The number of hydrogen-bond donors (Lipinski definition) is 1. The van der Waals surface area contributed by atoms with Crippen LogP contribution in [0.25, 0.3) is 0 Å². The molecule has 2 aliphatic heterocycles. The third-order valence-electron chi connectivity index (χ3n) is 6.29. The quantitative estimate of drug-likeness (QED) is 0.697. The van der Waals surface area contributed by atoms with Crippen molar-refractivity contribution in [3.63, 3.8) is 0 Å². The van der Waals surface area contributed by atoms with Crippen LogP contribution in [0.15, 0.2) is 36.4 Å². The zero-order valence-electron chi connectivity index (χ0n) is 18.6. The Hall–Kier alpha value is -2.96. The van der Waals surface area contributed by atoms with E-state index in [9.17, 15) is 14.0 Å². The van der Waals surface area contributed by atoms with E-state index < -0.39 is 0 Å². The Kier molecular flexibility index (Phi) is 7.02. The molecule has 6 nitrogen and oxygen atoms in total. The molecule has 0 spiro atoms. The molecule has 2 fully saturated rings. The highest BCUT2D eigenvalue weighted by atomic mass is 19.1. The van der Waals surface area contributed by atoms with Gasteiger partial charge >= 0.3 is 0 Å². The number of carbonyl (C=O) groups is 2. The number of piperidine rings is 1. The summed E-state index contributed by atoms with van der Waals surface area (Å²) < 4.78 is 13.2. The molecule has 3 heterocycles. The lowest BCUT2D eigenvalue weighted by atomic mass is 9.93. The molecule has 1 atom stereocenters. The van der Waals surface area contributed by atoms with Gasteiger partial charge in [0, 0.05) is 67.7 Å². The molecule has 0 unspecified atom stereocenters. The third kappa shape index (κ3) is 5.64. The fourth-order valence-electron chi connectivity index (χ4n) is 4.64. The van der Waals surface area contributed by atoms with E-state index in [2.05, 4.69) is 5.32 Å². The number of carbonyl (C=O) groups excluding carboxylic acids is 2. The largest absolute Gasteiger partial charge is 0.355 e. The zero-order valence-corrected chi connectivity index (χ0v) is 18.6. The van der Waals surface area contributed by atoms with Crippen molar-refractivity contribution in [1.82, 2.24) is 14.8 Å². The molecule has 0 aliphatic carbocycles. The Morgan fingerprint density at radius 2 is 1.97 bits per heavy atom. The van der Waals surface area contributed by atoms with Gasteiger partial charge in [-0.05, 0) is 69.0 Å². The van der Waals surface area contributed by atoms with Crippen molar-refractivity contribution in [2.45, 2.75) is 51.4 Å². The van der Waals surface area contributed by atoms with Crippen LogP contribution in [0.3, 0.4) is 0 Å². The number of amides is 2. The fourth-order valence-corrected chi connectivity index (χ4v) is 4.64. The molecule has 0 saturated carbocycles. The molecule has 2 aliphatic rings. The Morgan fingerprint density at radius 1 is 1.16 bits per heavy atom. The number of nitrogens with zero attached hydrogens (tertiary/aromatic N) is 3. The number of benzene rings is 1. The van der Waals surface area contributed by atoms with E-state index in [0.717, 1.165) is 61.5 Å². The minimum atomic E-state index is -0.263. The van der Waals surface area contributed by atoms with Crippen molar-refractivity contribution in [2.75, 3.05) is 31.5 Å². The number of likely N-dealkylation sites (tertiary alicyclic amines) is 2. The summed E-state index contributed by atoms with van der Waals surface area (Å²) in [7, 11) is 0. The van der Waals surface area contributed by atoms with Gasteiger partial charge in [0.15, 0.2) is 0 Å². The molecule has 4 rings (SSSR count). The van der Waals surface area contributed by atoms with Crippen molar-refractivity contribution in [2.24, 2.45) is 0 Å². The molecule has 2 amide bonds. The minimum Gasteiger partial charge on any atom is -0.355 e. The predicted octanol–water partition coefficient (Wildman–Crippen LogP) is 4.38. The van der Waals surface area contributed by atoms with Gasteiger partial charge in [-0.15, -0.1) is 0 Å². The van der Waals surface area contributed by atoms with Gasteiger partial charge in [0.25, 0.3) is 0 Å². The van der Waals surface area contributed by atoms with Crippen molar-refractivity contribution >= 4 is 23.2 Å². The van der Waals surface area contributed by atoms with E-state index in [-0.39, 0.29) is 23.5 Å². The van der Waals surface area contributed by atoms with Crippen molar-refractivity contribution in [3.8, 4) is 0 Å². The van der Waals surface area contributed by atoms with Gasteiger partial charge in [-0.2, -0.15) is 0 Å². The summed E-state index contributed by atoms with van der Waals surface area (Å²) in [4.78, 5) is 33.1. The summed E-state index contributed by atoms with van der Waals surface area (Å²) in [6, 6.07) is 10.3. The SMILES string of the molecule is Cc1cc(Nc2ccc(F)cc2)cc([C@@H]2CCCN(C(=O)CCCN3CCCC3=O)C2)n1. The second-order valence-corrected chi connectivity index (χ2v) is 8.82. The van der Waals surface area contributed by atoms with Crippen LogP contribution in [0, 0.1) is 12.7 Å². The number of nitrogens with one attached hydrogen (secondary N) is 1. The van der Waals surface area contributed by atoms with Crippen molar-refractivity contribution in [3.05, 3.63) is 53.6 Å². The predicted molar refractivity (Wildman–Crippen MR) is 122 cm³/mol. The van der Waals surface area contributed by atoms with E-state index in [1.165, 1.54) is 12.1 Å². The van der Waals surface area contributed by atoms with Gasteiger partial charge in [-0.25, -0.2) is 4.39 Å². The summed E-state index contributed by atoms with van der Waals surface area (Å²) in [5.74, 6) is 0.312. The maximum absolute atomic E-state index is 13.2. The monoisotopic (exact) mass is 438 g/mol. The van der Waals surface area contributed by atoms with Gasteiger partial charge in [0.05, 0.1) is 0 Å². The molecule has 0 bridgehead atoms. The van der Waals surface area contributed by atoms with E-state index in [4.69, 9.17) is 4.98 Å². The highest BCUT2D eigenvalue weighted by Gasteiger charge is 2.26. The molecule has 7 heteroatoms. The number of aromatic nitrogens is 1. The van der Waals surface area contributed by atoms with Gasteiger partial charge in [-0.1, -0.05) is 0 Å². The second-order valence-electron chi connectivity index (χ2n) is 8.82. The Balaban J connectivity index is 1.35. The maximum atomic E-state index is 13.2. The fraction of sp³-hybridized carbons (Fsp3) is 0.480. The smallest absolute Gasteiger partial charge is 0.222 e. The lowest BCUT2D eigenvalue weighted by molar-refractivity contribution is -0.133. The number of hydrogen-bond acceptors (Lipinski definition) is 4. The second kappa shape index (κ2) is 10.1. The van der Waals surface area contributed by atoms with Gasteiger partial charge < -0.3 is 15.1 Å². The van der Waals surface area contributed by atoms with Gasteiger partial charge in [0.1, 0.15) is 5.82 Å². The highest BCUT2D eigenvalue weighted by molar-refractivity contribution is 5.78. The van der Waals surface area contributed by atoms with Crippen LogP contribution in [0.2, 0.25) is 0 Å². The van der Waals surface area contributed by atoms with Crippen LogP contribution in [-0.4, -0.2) is 52.8 Å². The van der Waals surface area contributed by atoms with Crippen molar-refractivity contribution < 1.29 is 14.0 Å². The topological polar surface area (TPSA) is 65.5 Å². The standard InChI is InChI=1S/C25H31FN4O2/c1-18-15-22(28-21-10-8-20(26)9-11-21)16-23(27-18)19-5-2-14-30(17-19)25(32)7-4-13-29-12-3-6-24(29)31/h8-11,15-16,19H,2-7,12-14,17H2,1H3,(H,27,28)/t19-/m1/s1. The van der Waals surface area contributed by atoms with Gasteiger partial charge in [0.2, 0.25) is 11.8 Å². The minimum absolute atomic E-state index is 0.165. The third-order valence-corrected chi connectivity index (χ3v) is 6.29. The summed E-state index contributed by atoms with van der Waals surface area (Å²) in [6.45, 7) is 4.93. The van der Waals surface area contributed by atoms with E-state index in [0.29, 0.717) is 25.9 Å². The molecule has 2 aromatic rings. The van der Waals surface area contributed by atoms with Crippen LogP contribution < -0.4 is 5.32 Å². The van der Waals surface area contributed by atoms with Crippen LogP contribution >= 0.6 is 0 Å². The summed E-state index contributed by atoms with van der Waals surface area (Å²) in [5.41, 5.74) is 3.62. The average Bonchev–Trinajstić information content (AvgIpc) is 3.19. The molecule has 170 valence electrons. The molecular weight excluding hydrogens is 407 g/mol. The summed E-state index contributed by atoms with van der Waals surface area (Å²) >= 11 is 0.